The molecule has 9 N–H and O–H groups in total. The van der Waals surface area contributed by atoms with Crippen LogP contribution in [0.2, 0.25) is 0 Å². The van der Waals surface area contributed by atoms with E-state index in [-0.39, 0.29) is 38.0 Å². The number of aromatic nitrogens is 8. The van der Waals surface area contributed by atoms with Crippen LogP contribution < -0.4 is 21.1 Å². The van der Waals surface area contributed by atoms with Crippen LogP contribution in [-0.4, -0.2) is 179 Å². The average molecular weight is 1200 g/mol. The van der Waals surface area contributed by atoms with E-state index in [1.807, 2.05) is 72.8 Å². The van der Waals surface area contributed by atoms with Crippen LogP contribution in [0.4, 0.5) is 11.6 Å². The number of rotatable bonds is 22. The molecule has 27 heteroatoms. The van der Waals surface area contributed by atoms with Crippen molar-refractivity contribution in [1.29, 1.82) is 0 Å². The molecule has 0 spiro atoms. The average Bonchev–Trinajstić information content (AvgIpc) is 2.95. The fourth-order valence-electron chi connectivity index (χ4n) is 9.76. The van der Waals surface area contributed by atoms with Gasteiger partial charge in [-0.2, -0.15) is 0 Å². The normalized spacial score (nSPS) is 20.8. The maximum Gasteiger partial charge on any atom is 0.229 e. The van der Waals surface area contributed by atoms with Crippen LogP contribution >= 0.6 is 10.7 Å². The summed E-state index contributed by atoms with van der Waals surface area (Å²) in [4.78, 5) is 27.8. The van der Waals surface area contributed by atoms with Crippen LogP contribution in [-0.2, 0) is 50.9 Å². The van der Waals surface area contributed by atoms with Crippen molar-refractivity contribution in [3.05, 3.63) is 168 Å². The number of nitrogens with one attached hydrogen (secondary N) is 3. The molecule has 8 atom stereocenters. The van der Waals surface area contributed by atoms with Gasteiger partial charge in [-0.3, -0.25) is 9.13 Å². The molecule has 2 fully saturated rings. The molecule has 4 aromatic carbocycles. The Labute approximate surface area is 485 Å². The lowest BCUT2D eigenvalue weighted by molar-refractivity contribution is -0.0580. The fourth-order valence-corrected chi connectivity index (χ4v) is 10.2. The van der Waals surface area contributed by atoms with Gasteiger partial charge in [0, 0.05) is 69.2 Å². The van der Waals surface area contributed by atoms with Gasteiger partial charge in [-0.1, -0.05) is 121 Å². The van der Waals surface area contributed by atoms with Gasteiger partial charge in [-0.05, 0) is 28.8 Å². The first-order valence-electron chi connectivity index (χ1n) is 26.5. The molecule has 0 saturated carbocycles. The predicted molar refractivity (Wildman–Crippen MR) is 313 cm³/mol. The molecule has 6 heterocycles. The summed E-state index contributed by atoms with van der Waals surface area (Å²) in [5.41, 5.74) is 12.3. The van der Waals surface area contributed by atoms with E-state index in [4.69, 9.17) is 34.6 Å². The molecule has 4 aromatic heterocycles. The molecule has 24 nitrogen and oxygen atoms in total. The fraction of sp³-hybridized carbons (Fsp3) is 0.393. The number of aliphatic hydroxyl groups excluding tert-OH is 4. The van der Waals surface area contributed by atoms with Gasteiger partial charge in [0.1, 0.15) is 48.3 Å². The third-order valence-corrected chi connectivity index (χ3v) is 14.4. The second kappa shape index (κ2) is 28.8. The zero-order chi connectivity index (χ0) is 59.3. The van der Waals surface area contributed by atoms with Crippen LogP contribution in [0.15, 0.2) is 134 Å². The second-order valence-electron chi connectivity index (χ2n) is 19.8. The third kappa shape index (κ3) is 16.4. The van der Waals surface area contributed by atoms with Crippen LogP contribution in [0, 0.1) is 0 Å². The molecule has 2 aliphatic rings. The van der Waals surface area contributed by atoms with Crippen LogP contribution in [0.25, 0.3) is 22.3 Å². The highest BCUT2D eigenvalue weighted by Crippen LogP contribution is 2.36. The standard InChI is InChI=1S/C28H34N6O6S.C27H32N6O4.CH3ClO2S/c1-39-16-21-24(35)25(36)28(40-21)34-17-30-23-26(32-22(33-27(23)34)13-14-31-41(2,37)38)29-15-20(18-9-5-3-6-10-18)19-11-7-4-8-12-19;1-36-15-20-23(34)24(35)27(37-20)33-16-30-22-25(31-21(12-13-28)32-26(22)33)29-14-19(17-8-4-2-5-9-17)18-10-6-3-7-11-18;1-5(2,3)4/h3-12,17,20-21,24-25,28,31,35-36H,13-16H2,1-2H3,(H,29,32,33);2-11,16,19-20,23-24,27,34-35H,12-15,28H2,1H3,(H,29,31,32);1H3/t21-,24-,25-,28-;20-,23-,24-,27-;/m11./s1. The highest BCUT2D eigenvalue weighted by Gasteiger charge is 2.45. The maximum atomic E-state index is 11.6. The highest BCUT2D eigenvalue weighted by molar-refractivity contribution is 8.13. The number of benzene rings is 4. The van der Waals surface area contributed by atoms with E-state index in [0.29, 0.717) is 71.7 Å². The molecular weight excluding hydrogens is 1130 g/mol. The van der Waals surface area contributed by atoms with Crippen molar-refractivity contribution in [1.82, 2.24) is 43.8 Å². The van der Waals surface area contributed by atoms with Gasteiger partial charge >= 0.3 is 0 Å². The summed E-state index contributed by atoms with van der Waals surface area (Å²) in [5.74, 6) is 2.04. The Hall–Kier alpha value is -6.63. The van der Waals surface area contributed by atoms with Gasteiger partial charge in [-0.15, -0.1) is 0 Å². The number of hydrogen-bond acceptors (Lipinski definition) is 21. The van der Waals surface area contributed by atoms with Gasteiger partial charge in [0.05, 0.1) is 38.4 Å². The smallest absolute Gasteiger partial charge is 0.229 e. The van der Waals surface area contributed by atoms with Crippen molar-refractivity contribution in [2.45, 2.75) is 73.8 Å². The summed E-state index contributed by atoms with van der Waals surface area (Å²) in [7, 11) is 0.919. The number of methoxy groups -OCH3 is 2. The molecule has 10 rings (SSSR count). The molecule has 2 aliphatic heterocycles. The number of nitrogens with two attached hydrogens (primary N) is 1. The predicted octanol–water partition coefficient (Wildman–Crippen LogP) is 3.45. The Balaban J connectivity index is 0.000000201. The summed E-state index contributed by atoms with van der Waals surface area (Å²) in [6.45, 7) is 1.81. The maximum absolute atomic E-state index is 11.6. The van der Waals surface area contributed by atoms with Crippen molar-refractivity contribution >= 4 is 63.7 Å². The molecule has 0 aliphatic carbocycles. The third-order valence-electron chi connectivity index (χ3n) is 13.7. The number of ether oxygens (including phenoxy) is 4. The summed E-state index contributed by atoms with van der Waals surface area (Å²) in [6.07, 6.45) is -2.13. The summed E-state index contributed by atoms with van der Waals surface area (Å²) >= 11 is 0. The van der Waals surface area contributed by atoms with Crippen LogP contribution in [0.1, 0.15) is 58.2 Å². The Morgan fingerprint density at radius 1 is 0.578 bits per heavy atom. The number of anilines is 2. The van der Waals surface area contributed by atoms with Gasteiger partial charge < -0.3 is 55.7 Å². The van der Waals surface area contributed by atoms with E-state index >= 15 is 0 Å². The highest BCUT2D eigenvalue weighted by atomic mass is 35.7. The van der Waals surface area contributed by atoms with Crippen LogP contribution in [0.3, 0.4) is 0 Å². The summed E-state index contributed by atoms with van der Waals surface area (Å²) in [5, 5.41) is 49.3. The molecule has 0 amide bonds. The number of hydrogen-bond donors (Lipinski definition) is 8. The molecule has 8 aromatic rings. The molecule has 0 unspecified atom stereocenters. The van der Waals surface area contributed by atoms with Crippen molar-refractivity contribution in [3.63, 3.8) is 0 Å². The number of sulfonamides is 1. The zero-order valence-corrected chi connectivity index (χ0v) is 48.4. The Morgan fingerprint density at radius 3 is 1.25 bits per heavy atom. The SMILES string of the molecule is COC[C@H]1O[C@@H](n2cnc3c(NCC(c4ccccc4)c4ccccc4)nc(CCN)nc32)[C@H](O)[C@@H]1O.COC[C@H]1O[C@@H](n2cnc3c(NCC(c4ccccc4)c4ccccc4)nc(CCNS(C)(=O)=O)nc32)[C@H](O)[C@@H]1O.CS(=O)(=O)Cl. The van der Waals surface area contributed by atoms with Crippen molar-refractivity contribution in [3.8, 4) is 0 Å². The number of aliphatic hydroxyl groups is 4. The first-order valence-corrected chi connectivity index (χ1v) is 31.2. The van der Waals surface area contributed by atoms with E-state index in [2.05, 4.69) is 94.5 Å². The van der Waals surface area contributed by atoms with E-state index in [9.17, 15) is 37.3 Å². The van der Waals surface area contributed by atoms with Gasteiger partial charge in [0.2, 0.25) is 19.1 Å². The molecule has 0 bridgehead atoms. The monoisotopic (exact) mass is 1200 g/mol. The number of fused-ring (bicyclic) bond motifs is 2. The molecule has 83 heavy (non-hydrogen) atoms. The summed E-state index contributed by atoms with van der Waals surface area (Å²) < 4.78 is 69.8. The number of halogens is 1. The minimum Gasteiger partial charge on any atom is -0.387 e. The van der Waals surface area contributed by atoms with Crippen molar-refractivity contribution in [2.75, 3.05) is 76.8 Å². The minimum absolute atomic E-state index is 0.00443. The Morgan fingerprint density at radius 2 is 0.928 bits per heavy atom. The lowest BCUT2D eigenvalue weighted by Gasteiger charge is -2.20. The molecular formula is C56H69ClN12O12S2. The first kappa shape index (κ1) is 62.4. The van der Waals surface area contributed by atoms with E-state index in [1.54, 1.807) is 15.5 Å². The molecule has 2 saturated heterocycles. The largest absolute Gasteiger partial charge is 0.387 e. The number of imidazole rings is 2. The Bertz CT molecular complexity index is 3480. The van der Waals surface area contributed by atoms with Gasteiger partial charge in [-0.25, -0.2) is 51.5 Å². The van der Waals surface area contributed by atoms with Gasteiger partial charge in [0.25, 0.3) is 0 Å². The lowest BCUT2D eigenvalue weighted by Crippen LogP contribution is -2.33. The van der Waals surface area contributed by atoms with E-state index in [0.717, 1.165) is 23.6 Å². The second-order valence-corrected chi connectivity index (χ2v) is 24.7. The molecule has 0 radical (unpaired) electrons. The zero-order valence-electron chi connectivity index (χ0n) is 46.0. The Kier molecular flexibility index (Phi) is 21.6. The topological polar surface area (TPSA) is 335 Å². The quantitative estimate of drug-likeness (QED) is 0.0451. The van der Waals surface area contributed by atoms with Crippen molar-refractivity contribution < 1.29 is 56.2 Å². The minimum atomic E-state index is -3.40. The summed E-state index contributed by atoms with van der Waals surface area (Å²) in [6, 6.07) is 40.9. The van der Waals surface area contributed by atoms with E-state index in [1.165, 1.54) is 31.7 Å². The van der Waals surface area contributed by atoms with Gasteiger partial charge in [0.15, 0.2) is 46.4 Å². The van der Waals surface area contributed by atoms with Crippen molar-refractivity contribution in [2.24, 2.45) is 5.73 Å². The molecule has 444 valence electrons. The number of nitrogens with zero attached hydrogens (tertiary/aromatic N) is 8. The first-order chi connectivity index (χ1) is 39.8. The lowest BCUT2D eigenvalue weighted by atomic mass is 9.91. The van der Waals surface area contributed by atoms with Crippen LogP contribution in [0.5, 0.6) is 0 Å². The van der Waals surface area contributed by atoms with E-state index < -0.39 is 68.2 Å².